The van der Waals surface area contributed by atoms with Crippen LogP contribution < -0.4 is 10.6 Å². The molecule has 0 saturated carbocycles. The molecule has 0 bridgehead atoms. The average Bonchev–Trinajstić information content (AvgIpc) is 3.40. The van der Waals surface area contributed by atoms with Gasteiger partial charge in [-0.15, -0.1) is 0 Å². The number of rotatable bonds is 7. The van der Waals surface area contributed by atoms with E-state index < -0.39 is 6.04 Å². The van der Waals surface area contributed by atoms with Crippen LogP contribution in [0.25, 0.3) is 0 Å². The first-order valence-electron chi connectivity index (χ1n) is 11.9. The van der Waals surface area contributed by atoms with Crippen molar-refractivity contribution in [1.29, 1.82) is 0 Å². The molecule has 7 nitrogen and oxygen atoms in total. The molecule has 1 aromatic heterocycles. The molecule has 2 heterocycles. The molecular weight excluding hydrogens is 442 g/mol. The predicted molar refractivity (Wildman–Crippen MR) is 133 cm³/mol. The number of furan rings is 1. The van der Waals surface area contributed by atoms with E-state index in [-0.39, 0.29) is 30.2 Å². The van der Waals surface area contributed by atoms with E-state index in [1.807, 2.05) is 55.1 Å². The first-order chi connectivity index (χ1) is 16.9. The Morgan fingerprint density at radius 2 is 1.69 bits per heavy atom. The summed E-state index contributed by atoms with van der Waals surface area (Å²) in [6.07, 6.45) is 2.79. The van der Waals surface area contributed by atoms with Crippen molar-refractivity contribution in [3.63, 3.8) is 0 Å². The third-order valence-electron chi connectivity index (χ3n) is 6.57. The Morgan fingerprint density at radius 1 is 0.971 bits per heavy atom. The smallest absolute Gasteiger partial charge is 0.254 e. The molecule has 182 valence electrons. The minimum Gasteiger partial charge on any atom is -0.467 e. The molecule has 3 aromatic rings. The number of aryl methyl sites for hydroxylation is 2. The highest BCUT2D eigenvalue weighted by atomic mass is 16.3. The lowest BCUT2D eigenvalue weighted by atomic mass is 9.88. The van der Waals surface area contributed by atoms with Crippen LogP contribution in [0.1, 0.15) is 50.4 Å². The van der Waals surface area contributed by atoms with Gasteiger partial charge in [0, 0.05) is 24.2 Å². The minimum atomic E-state index is -0.713. The molecule has 0 unspecified atom stereocenters. The zero-order valence-corrected chi connectivity index (χ0v) is 20.1. The van der Waals surface area contributed by atoms with Crippen LogP contribution in [-0.2, 0) is 11.3 Å². The van der Waals surface area contributed by atoms with E-state index in [1.165, 1.54) is 0 Å². The summed E-state index contributed by atoms with van der Waals surface area (Å²) >= 11 is 0. The molecule has 7 heteroatoms. The van der Waals surface area contributed by atoms with Crippen molar-refractivity contribution < 1.29 is 18.8 Å². The lowest BCUT2D eigenvalue weighted by molar-refractivity contribution is -0.124. The summed E-state index contributed by atoms with van der Waals surface area (Å²) in [5, 5.41) is 5.84. The number of carbonyl (C=O) groups excluding carboxylic acids is 3. The van der Waals surface area contributed by atoms with Gasteiger partial charge in [-0.2, -0.15) is 0 Å². The van der Waals surface area contributed by atoms with E-state index in [1.54, 1.807) is 30.5 Å². The second-order valence-electron chi connectivity index (χ2n) is 9.06. The van der Waals surface area contributed by atoms with Crippen molar-refractivity contribution >= 4 is 17.7 Å². The summed E-state index contributed by atoms with van der Waals surface area (Å²) in [5.74, 6) is -0.00121. The quantitative estimate of drug-likeness (QED) is 0.545. The fourth-order valence-corrected chi connectivity index (χ4v) is 4.44. The molecule has 0 radical (unpaired) electrons. The van der Waals surface area contributed by atoms with Crippen molar-refractivity contribution in [3.8, 4) is 0 Å². The predicted octanol–water partition coefficient (Wildman–Crippen LogP) is 3.86. The molecule has 1 fully saturated rings. The highest BCUT2D eigenvalue weighted by molar-refractivity contribution is 5.98. The number of hydrogen-bond donors (Lipinski definition) is 2. The molecule has 1 aliphatic heterocycles. The van der Waals surface area contributed by atoms with E-state index in [0.29, 0.717) is 42.8 Å². The largest absolute Gasteiger partial charge is 0.467 e. The van der Waals surface area contributed by atoms with Crippen LogP contribution in [0.2, 0.25) is 0 Å². The monoisotopic (exact) mass is 473 g/mol. The molecule has 1 atom stereocenters. The highest BCUT2D eigenvalue weighted by Crippen LogP contribution is 2.24. The van der Waals surface area contributed by atoms with Gasteiger partial charge in [0.15, 0.2) is 0 Å². The van der Waals surface area contributed by atoms with Crippen molar-refractivity contribution in [2.75, 3.05) is 13.1 Å². The first-order valence-corrected chi connectivity index (χ1v) is 11.9. The molecule has 4 rings (SSSR count). The first kappa shape index (κ1) is 24.3. The summed E-state index contributed by atoms with van der Waals surface area (Å²) < 4.78 is 5.32. The number of carbonyl (C=O) groups is 3. The zero-order chi connectivity index (χ0) is 24.8. The van der Waals surface area contributed by atoms with Crippen LogP contribution in [0.4, 0.5) is 0 Å². The van der Waals surface area contributed by atoms with Gasteiger partial charge in [-0.05, 0) is 68.5 Å². The Kier molecular flexibility index (Phi) is 7.65. The van der Waals surface area contributed by atoms with Crippen LogP contribution >= 0.6 is 0 Å². The summed E-state index contributed by atoms with van der Waals surface area (Å²) in [5.41, 5.74) is 3.21. The normalized spacial score (nSPS) is 14.9. The Bertz CT molecular complexity index is 1160. The third kappa shape index (κ3) is 5.98. The molecule has 2 aromatic carbocycles. The highest BCUT2D eigenvalue weighted by Gasteiger charge is 2.34. The molecule has 35 heavy (non-hydrogen) atoms. The molecule has 0 aliphatic carbocycles. The molecule has 1 saturated heterocycles. The lowest BCUT2D eigenvalue weighted by Crippen LogP contribution is -2.53. The van der Waals surface area contributed by atoms with Crippen molar-refractivity contribution in [2.45, 2.75) is 39.3 Å². The van der Waals surface area contributed by atoms with Crippen LogP contribution in [0.15, 0.2) is 71.3 Å². The topological polar surface area (TPSA) is 91.7 Å². The maximum absolute atomic E-state index is 13.2. The second-order valence-corrected chi connectivity index (χ2v) is 9.06. The SMILES string of the molecule is Cc1ccc(C(=O)N[C@H](C(=O)NCc2ccco2)C2CCN(C(=O)c3ccccc3C)CC2)cc1. The standard InChI is InChI=1S/C28H31N3O4/c1-19-9-11-22(12-10-19)26(32)30-25(27(33)29-18-23-7-5-17-35-23)21-13-15-31(16-14-21)28(34)24-8-4-3-6-20(24)2/h3-12,17,21,25H,13-16,18H2,1-2H3,(H,29,33)(H,30,32)/t25-/m0/s1. The van der Waals surface area contributed by atoms with Gasteiger partial charge in [0.2, 0.25) is 5.91 Å². The van der Waals surface area contributed by atoms with E-state index >= 15 is 0 Å². The number of nitrogens with one attached hydrogen (secondary N) is 2. The van der Waals surface area contributed by atoms with Crippen LogP contribution in [0.3, 0.4) is 0 Å². The molecule has 0 spiro atoms. The Labute approximate surface area is 205 Å². The fourth-order valence-electron chi connectivity index (χ4n) is 4.44. The van der Waals surface area contributed by atoms with E-state index in [2.05, 4.69) is 10.6 Å². The summed E-state index contributed by atoms with van der Waals surface area (Å²) in [6, 6.07) is 17.7. The molecule has 1 aliphatic rings. The van der Waals surface area contributed by atoms with Gasteiger partial charge < -0.3 is 20.0 Å². The van der Waals surface area contributed by atoms with E-state index in [4.69, 9.17) is 4.42 Å². The van der Waals surface area contributed by atoms with Gasteiger partial charge in [0.05, 0.1) is 12.8 Å². The van der Waals surface area contributed by atoms with Crippen molar-refractivity contribution in [2.24, 2.45) is 5.92 Å². The van der Waals surface area contributed by atoms with Crippen LogP contribution in [0, 0.1) is 19.8 Å². The number of hydrogen-bond acceptors (Lipinski definition) is 4. The number of piperidine rings is 1. The molecule has 2 N–H and O–H groups in total. The van der Waals surface area contributed by atoms with Crippen LogP contribution in [-0.4, -0.2) is 41.8 Å². The number of likely N-dealkylation sites (tertiary alicyclic amines) is 1. The van der Waals surface area contributed by atoms with E-state index in [0.717, 1.165) is 11.1 Å². The second kappa shape index (κ2) is 11.0. The zero-order valence-electron chi connectivity index (χ0n) is 20.1. The average molecular weight is 474 g/mol. The van der Waals surface area contributed by atoms with Gasteiger partial charge >= 0.3 is 0 Å². The van der Waals surface area contributed by atoms with Crippen LogP contribution in [0.5, 0.6) is 0 Å². The molecular formula is C28H31N3O4. The van der Waals surface area contributed by atoms with Gasteiger partial charge in [0.1, 0.15) is 11.8 Å². The Hall–Kier alpha value is -3.87. The fraction of sp³-hybridized carbons (Fsp3) is 0.321. The number of amides is 3. The van der Waals surface area contributed by atoms with E-state index in [9.17, 15) is 14.4 Å². The summed E-state index contributed by atoms with van der Waals surface area (Å²) in [4.78, 5) is 41.0. The number of benzene rings is 2. The number of nitrogens with zero attached hydrogens (tertiary/aromatic N) is 1. The van der Waals surface area contributed by atoms with Gasteiger partial charge in [-0.1, -0.05) is 35.9 Å². The lowest BCUT2D eigenvalue weighted by Gasteiger charge is -2.36. The van der Waals surface area contributed by atoms with Gasteiger partial charge in [-0.3, -0.25) is 14.4 Å². The van der Waals surface area contributed by atoms with Crippen molar-refractivity contribution in [1.82, 2.24) is 15.5 Å². The molecule has 3 amide bonds. The maximum atomic E-state index is 13.2. The van der Waals surface area contributed by atoms with Gasteiger partial charge in [-0.25, -0.2) is 0 Å². The van der Waals surface area contributed by atoms with Crippen molar-refractivity contribution in [3.05, 3.63) is 94.9 Å². The maximum Gasteiger partial charge on any atom is 0.254 e. The summed E-state index contributed by atoms with van der Waals surface area (Å²) in [6.45, 7) is 5.19. The third-order valence-corrected chi connectivity index (χ3v) is 6.57. The van der Waals surface area contributed by atoms with Gasteiger partial charge in [0.25, 0.3) is 11.8 Å². The minimum absolute atomic E-state index is 0.00376. The Balaban J connectivity index is 1.44. The Morgan fingerprint density at radius 3 is 2.34 bits per heavy atom. The summed E-state index contributed by atoms with van der Waals surface area (Å²) in [7, 11) is 0.